The summed E-state index contributed by atoms with van der Waals surface area (Å²) in [7, 11) is 0. The van der Waals surface area contributed by atoms with Gasteiger partial charge in [-0.25, -0.2) is 0 Å². The van der Waals surface area contributed by atoms with Crippen LogP contribution in [0.2, 0.25) is 0 Å². The Morgan fingerprint density at radius 3 is 2.70 bits per heavy atom. The molecular weight excluding hydrogens is 250 g/mol. The van der Waals surface area contributed by atoms with Gasteiger partial charge in [0.05, 0.1) is 0 Å². The Morgan fingerprint density at radius 1 is 1.00 bits per heavy atom. The first-order valence-electron chi connectivity index (χ1n) is 6.56. The van der Waals surface area contributed by atoms with Gasteiger partial charge < -0.3 is 9.73 Å². The van der Waals surface area contributed by atoms with Crippen LogP contribution in [-0.4, -0.2) is 16.7 Å². The zero-order chi connectivity index (χ0) is 13.6. The summed E-state index contributed by atoms with van der Waals surface area (Å²) < 4.78 is 5.20. The van der Waals surface area contributed by atoms with E-state index in [4.69, 9.17) is 4.42 Å². The molecule has 0 spiro atoms. The molecule has 3 rings (SSSR count). The van der Waals surface area contributed by atoms with Crippen molar-refractivity contribution in [1.29, 1.82) is 0 Å². The summed E-state index contributed by atoms with van der Waals surface area (Å²) in [6.07, 6.45) is 2.33. The lowest BCUT2D eigenvalue weighted by molar-refractivity contribution is 0.568. The molecule has 0 aliphatic heterocycles. The van der Waals surface area contributed by atoms with Crippen molar-refractivity contribution >= 4 is 5.69 Å². The number of nitrogens with one attached hydrogen (secondary N) is 1. The Bertz CT molecular complexity index is 651. The third kappa shape index (κ3) is 3.03. The first-order chi connectivity index (χ1) is 9.92. The molecule has 0 saturated carbocycles. The van der Waals surface area contributed by atoms with Crippen molar-refractivity contribution < 1.29 is 4.42 Å². The summed E-state index contributed by atoms with van der Waals surface area (Å²) in [6, 6.07) is 18.4. The fourth-order valence-corrected chi connectivity index (χ4v) is 2.06. The Morgan fingerprint density at radius 2 is 1.90 bits per heavy atom. The zero-order valence-electron chi connectivity index (χ0n) is 11.0. The van der Waals surface area contributed by atoms with Crippen LogP contribution in [0.5, 0.6) is 0 Å². The SMILES string of the molecule is c1ccc(CCNc2cccc(-c3nnco3)c2)cc1. The summed E-state index contributed by atoms with van der Waals surface area (Å²) >= 11 is 0. The fourth-order valence-electron chi connectivity index (χ4n) is 2.06. The largest absolute Gasteiger partial charge is 0.423 e. The van der Waals surface area contributed by atoms with Crippen LogP contribution in [0, 0.1) is 0 Å². The smallest absolute Gasteiger partial charge is 0.247 e. The average molecular weight is 265 g/mol. The number of hydrogen-bond donors (Lipinski definition) is 1. The van der Waals surface area contributed by atoms with Crippen LogP contribution in [0.4, 0.5) is 5.69 Å². The highest BCUT2D eigenvalue weighted by molar-refractivity contribution is 5.60. The van der Waals surface area contributed by atoms with E-state index in [-0.39, 0.29) is 0 Å². The van der Waals surface area contributed by atoms with Crippen LogP contribution in [0.15, 0.2) is 65.4 Å². The molecule has 1 heterocycles. The van der Waals surface area contributed by atoms with E-state index in [9.17, 15) is 0 Å². The summed E-state index contributed by atoms with van der Waals surface area (Å²) in [5.41, 5.74) is 3.30. The molecule has 1 aromatic heterocycles. The van der Waals surface area contributed by atoms with Crippen molar-refractivity contribution in [2.45, 2.75) is 6.42 Å². The number of hydrogen-bond acceptors (Lipinski definition) is 4. The maximum absolute atomic E-state index is 5.20. The van der Waals surface area contributed by atoms with Gasteiger partial charge in [-0.1, -0.05) is 36.4 Å². The van der Waals surface area contributed by atoms with Gasteiger partial charge >= 0.3 is 0 Å². The van der Waals surface area contributed by atoms with E-state index in [1.165, 1.54) is 12.0 Å². The zero-order valence-corrected chi connectivity index (χ0v) is 11.0. The van der Waals surface area contributed by atoms with E-state index >= 15 is 0 Å². The highest BCUT2D eigenvalue weighted by Gasteiger charge is 2.03. The molecular formula is C16H15N3O. The third-order valence-corrected chi connectivity index (χ3v) is 3.06. The molecule has 100 valence electrons. The van der Waals surface area contributed by atoms with Gasteiger partial charge in [0.25, 0.3) is 0 Å². The quantitative estimate of drug-likeness (QED) is 0.768. The number of anilines is 1. The Balaban J connectivity index is 1.62. The van der Waals surface area contributed by atoms with Crippen molar-refractivity contribution in [3.8, 4) is 11.5 Å². The van der Waals surface area contributed by atoms with E-state index in [0.717, 1.165) is 24.2 Å². The second kappa shape index (κ2) is 6.02. The van der Waals surface area contributed by atoms with Gasteiger partial charge in [-0.3, -0.25) is 0 Å². The van der Waals surface area contributed by atoms with Gasteiger partial charge in [0.15, 0.2) is 0 Å². The van der Waals surface area contributed by atoms with Gasteiger partial charge in [0.2, 0.25) is 12.3 Å². The molecule has 2 aromatic carbocycles. The Labute approximate surface area is 117 Å². The van der Waals surface area contributed by atoms with Crippen LogP contribution in [0.1, 0.15) is 5.56 Å². The van der Waals surface area contributed by atoms with E-state index in [2.05, 4.69) is 39.8 Å². The topological polar surface area (TPSA) is 51.0 Å². The fraction of sp³-hybridized carbons (Fsp3) is 0.125. The highest BCUT2D eigenvalue weighted by Crippen LogP contribution is 2.20. The van der Waals surface area contributed by atoms with Crippen molar-refractivity contribution in [2.75, 3.05) is 11.9 Å². The van der Waals surface area contributed by atoms with Crippen LogP contribution in [0.25, 0.3) is 11.5 Å². The highest BCUT2D eigenvalue weighted by atomic mass is 16.4. The molecule has 0 radical (unpaired) electrons. The lowest BCUT2D eigenvalue weighted by Gasteiger charge is -2.07. The first-order valence-corrected chi connectivity index (χ1v) is 6.56. The molecule has 0 amide bonds. The van der Waals surface area contributed by atoms with Crippen molar-refractivity contribution in [1.82, 2.24) is 10.2 Å². The van der Waals surface area contributed by atoms with Gasteiger partial charge in [-0.2, -0.15) is 0 Å². The normalized spacial score (nSPS) is 10.4. The predicted octanol–water partition coefficient (Wildman–Crippen LogP) is 3.39. The molecule has 0 saturated heterocycles. The van der Waals surface area contributed by atoms with Gasteiger partial charge in [-0.15, -0.1) is 10.2 Å². The van der Waals surface area contributed by atoms with E-state index in [0.29, 0.717) is 5.89 Å². The minimum atomic E-state index is 0.539. The lowest BCUT2D eigenvalue weighted by atomic mass is 10.1. The van der Waals surface area contributed by atoms with Crippen LogP contribution < -0.4 is 5.32 Å². The molecule has 4 nitrogen and oxygen atoms in total. The first kappa shape index (κ1) is 12.4. The molecule has 0 aliphatic rings. The summed E-state index contributed by atoms with van der Waals surface area (Å²) in [4.78, 5) is 0. The maximum Gasteiger partial charge on any atom is 0.247 e. The standard InChI is InChI=1S/C16H15N3O/c1-2-5-13(6-3-1)9-10-17-15-8-4-7-14(11-15)16-19-18-12-20-16/h1-8,11-12,17H,9-10H2. The van der Waals surface area contributed by atoms with Gasteiger partial charge in [0, 0.05) is 17.8 Å². The predicted molar refractivity (Wildman–Crippen MR) is 78.4 cm³/mol. The molecule has 1 N–H and O–H groups in total. The van der Waals surface area contributed by atoms with E-state index < -0.39 is 0 Å². The maximum atomic E-state index is 5.20. The van der Waals surface area contributed by atoms with Crippen molar-refractivity contribution in [3.63, 3.8) is 0 Å². The lowest BCUT2D eigenvalue weighted by Crippen LogP contribution is -2.04. The molecule has 0 atom stereocenters. The molecule has 0 aliphatic carbocycles. The molecule has 3 aromatic rings. The van der Waals surface area contributed by atoms with Crippen LogP contribution >= 0.6 is 0 Å². The minimum absolute atomic E-state index is 0.539. The van der Waals surface area contributed by atoms with E-state index in [1.54, 1.807) is 0 Å². The molecule has 4 heteroatoms. The van der Waals surface area contributed by atoms with Crippen LogP contribution in [-0.2, 0) is 6.42 Å². The monoisotopic (exact) mass is 265 g/mol. The Kier molecular flexibility index (Phi) is 3.73. The summed E-state index contributed by atoms with van der Waals surface area (Å²) in [6.45, 7) is 0.886. The molecule has 0 bridgehead atoms. The third-order valence-electron chi connectivity index (χ3n) is 3.06. The summed E-state index contributed by atoms with van der Waals surface area (Å²) in [5, 5.41) is 11.0. The number of nitrogens with zero attached hydrogens (tertiary/aromatic N) is 2. The van der Waals surface area contributed by atoms with Gasteiger partial charge in [-0.05, 0) is 30.2 Å². The minimum Gasteiger partial charge on any atom is -0.423 e. The Hall–Kier alpha value is -2.62. The molecule has 20 heavy (non-hydrogen) atoms. The van der Waals surface area contributed by atoms with Crippen molar-refractivity contribution in [3.05, 3.63) is 66.6 Å². The van der Waals surface area contributed by atoms with Gasteiger partial charge in [0.1, 0.15) is 0 Å². The second-order valence-electron chi connectivity index (χ2n) is 4.49. The second-order valence-corrected chi connectivity index (χ2v) is 4.49. The number of rotatable bonds is 5. The number of aromatic nitrogens is 2. The van der Waals surface area contributed by atoms with Crippen molar-refractivity contribution in [2.24, 2.45) is 0 Å². The van der Waals surface area contributed by atoms with E-state index in [1.807, 2.05) is 30.3 Å². The number of benzene rings is 2. The average Bonchev–Trinajstić information content (AvgIpc) is 3.03. The molecule has 0 unspecified atom stereocenters. The summed E-state index contributed by atoms with van der Waals surface area (Å²) in [5.74, 6) is 0.539. The van der Waals surface area contributed by atoms with Crippen LogP contribution in [0.3, 0.4) is 0 Å². The molecule has 0 fully saturated rings.